The van der Waals surface area contributed by atoms with Crippen LogP contribution in [0.25, 0.3) is 11.1 Å². The second-order valence-corrected chi connectivity index (χ2v) is 9.67. The molecule has 156 valence electrons. The van der Waals surface area contributed by atoms with Crippen molar-refractivity contribution < 1.29 is 9.59 Å². The summed E-state index contributed by atoms with van der Waals surface area (Å²) in [6, 6.07) is 19.4. The summed E-state index contributed by atoms with van der Waals surface area (Å²) in [5.41, 5.74) is 2.99. The maximum Gasteiger partial charge on any atom is 0.238 e. The molecule has 0 saturated heterocycles. The summed E-state index contributed by atoms with van der Waals surface area (Å²) in [5, 5.41) is 17.6. The minimum absolute atomic E-state index is 0.0592. The van der Waals surface area contributed by atoms with E-state index in [0.717, 1.165) is 34.6 Å². The highest BCUT2D eigenvalue weighted by molar-refractivity contribution is 8.00. The highest BCUT2D eigenvalue weighted by atomic mass is 32.2. The van der Waals surface area contributed by atoms with Gasteiger partial charge in [0.05, 0.1) is 10.8 Å². The largest absolute Gasteiger partial charge is 0.326 e. The average Bonchev–Trinajstić information content (AvgIpc) is 3.55. The first-order valence-corrected chi connectivity index (χ1v) is 11.8. The van der Waals surface area contributed by atoms with Crippen LogP contribution in [-0.2, 0) is 9.59 Å². The third kappa shape index (κ3) is 5.16. The summed E-state index contributed by atoms with van der Waals surface area (Å²) in [4.78, 5) is 25.7. The minimum atomic E-state index is -0.372. The van der Waals surface area contributed by atoms with Crippen LogP contribution in [0.2, 0.25) is 0 Å². The molecule has 2 amide bonds. The molecule has 1 aliphatic carbocycles. The molecule has 1 aromatic heterocycles. The first-order chi connectivity index (χ1) is 15.0. The summed E-state index contributed by atoms with van der Waals surface area (Å²) in [5.74, 6) is 0.0289. The van der Waals surface area contributed by atoms with Crippen LogP contribution >= 0.6 is 23.1 Å². The van der Waals surface area contributed by atoms with Crippen molar-refractivity contribution in [3.8, 4) is 17.2 Å². The molecule has 0 spiro atoms. The Balaban J connectivity index is 1.42. The lowest BCUT2D eigenvalue weighted by Gasteiger charge is -2.12. The maximum absolute atomic E-state index is 12.8. The molecule has 1 unspecified atom stereocenters. The molecule has 2 aromatic carbocycles. The topological polar surface area (TPSA) is 82.0 Å². The van der Waals surface area contributed by atoms with Crippen LogP contribution in [0.3, 0.4) is 0 Å². The van der Waals surface area contributed by atoms with E-state index in [2.05, 4.69) is 16.7 Å². The van der Waals surface area contributed by atoms with Gasteiger partial charge in [0, 0.05) is 27.4 Å². The smallest absolute Gasteiger partial charge is 0.238 e. The van der Waals surface area contributed by atoms with Gasteiger partial charge >= 0.3 is 0 Å². The lowest BCUT2D eigenvalue weighted by Crippen LogP contribution is -2.22. The minimum Gasteiger partial charge on any atom is -0.326 e. The highest BCUT2D eigenvalue weighted by Gasteiger charge is 2.29. The Morgan fingerprint density at radius 3 is 2.61 bits per heavy atom. The van der Waals surface area contributed by atoms with Gasteiger partial charge in [0.2, 0.25) is 11.8 Å². The van der Waals surface area contributed by atoms with E-state index in [1.165, 1.54) is 23.1 Å². The van der Waals surface area contributed by atoms with Crippen LogP contribution < -0.4 is 10.6 Å². The van der Waals surface area contributed by atoms with Crippen LogP contribution in [0.15, 0.2) is 64.9 Å². The number of benzene rings is 2. The number of amides is 2. The molecule has 4 rings (SSSR count). The molecule has 2 N–H and O–H groups in total. The zero-order valence-corrected chi connectivity index (χ0v) is 18.6. The number of carbonyl (C=O) groups excluding carboxylic acids is 2. The van der Waals surface area contributed by atoms with Crippen LogP contribution in [0, 0.1) is 17.2 Å². The van der Waals surface area contributed by atoms with Crippen molar-refractivity contribution in [3.63, 3.8) is 0 Å². The fourth-order valence-electron chi connectivity index (χ4n) is 3.10. The number of thiophene rings is 1. The van der Waals surface area contributed by atoms with Crippen molar-refractivity contribution >= 4 is 45.6 Å². The summed E-state index contributed by atoms with van der Waals surface area (Å²) in [7, 11) is 0. The molecular formula is C24H21N3O2S2. The molecule has 1 saturated carbocycles. The third-order valence-electron chi connectivity index (χ3n) is 4.96. The average molecular weight is 448 g/mol. The van der Waals surface area contributed by atoms with E-state index in [-0.39, 0.29) is 23.0 Å². The number of nitrogens with one attached hydrogen (secondary N) is 2. The van der Waals surface area contributed by atoms with Crippen molar-refractivity contribution in [3.05, 3.63) is 65.5 Å². The van der Waals surface area contributed by atoms with Gasteiger partial charge in [-0.15, -0.1) is 23.1 Å². The number of nitriles is 1. The molecule has 1 aliphatic rings. The summed E-state index contributed by atoms with van der Waals surface area (Å²) >= 11 is 2.77. The van der Waals surface area contributed by atoms with Crippen LogP contribution in [0.5, 0.6) is 0 Å². The van der Waals surface area contributed by atoms with E-state index >= 15 is 0 Å². The van der Waals surface area contributed by atoms with Gasteiger partial charge in [-0.1, -0.05) is 36.4 Å². The van der Waals surface area contributed by atoms with E-state index in [9.17, 15) is 14.9 Å². The van der Waals surface area contributed by atoms with Gasteiger partial charge in [-0.2, -0.15) is 5.26 Å². The zero-order chi connectivity index (χ0) is 21.8. The molecule has 31 heavy (non-hydrogen) atoms. The van der Waals surface area contributed by atoms with E-state index in [1.807, 2.05) is 66.9 Å². The van der Waals surface area contributed by atoms with E-state index in [1.54, 1.807) is 0 Å². The van der Waals surface area contributed by atoms with Gasteiger partial charge in [0.1, 0.15) is 11.1 Å². The fourth-order valence-corrected chi connectivity index (χ4v) is 4.95. The summed E-state index contributed by atoms with van der Waals surface area (Å²) < 4.78 is 0. The maximum atomic E-state index is 12.8. The molecule has 5 nitrogen and oxygen atoms in total. The number of rotatable bonds is 7. The van der Waals surface area contributed by atoms with Crippen LogP contribution in [0.1, 0.15) is 25.3 Å². The van der Waals surface area contributed by atoms with Crippen molar-refractivity contribution in [2.24, 2.45) is 5.92 Å². The number of nitrogens with zero attached hydrogens (tertiary/aromatic N) is 1. The van der Waals surface area contributed by atoms with Gasteiger partial charge < -0.3 is 10.6 Å². The second-order valence-electron chi connectivity index (χ2n) is 7.37. The standard InChI is InChI=1S/C24H21N3O2S2/c1-15(31-19-9-5-8-18(12-19)26-23(29)17-10-11-17)22(28)27-24-20(13-25)21(14-30-24)16-6-3-2-4-7-16/h2-9,12,14-15,17H,10-11H2,1H3,(H,26,29)(H,27,28). The predicted octanol–water partition coefficient (Wildman–Crippen LogP) is 5.75. The van der Waals surface area contributed by atoms with Gasteiger partial charge in [0.25, 0.3) is 0 Å². The number of hydrogen-bond acceptors (Lipinski definition) is 5. The first kappa shape index (κ1) is 21.2. The quantitative estimate of drug-likeness (QED) is 0.452. The van der Waals surface area contributed by atoms with Crippen molar-refractivity contribution in [2.75, 3.05) is 10.6 Å². The molecule has 3 aromatic rings. The number of anilines is 2. The molecule has 0 bridgehead atoms. The van der Waals surface area contributed by atoms with Crippen LogP contribution in [-0.4, -0.2) is 17.1 Å². The van der Waals surface area contributed by atoms with E-state index < -0.39 is 0 Å². The van der Waals surface area contributed by atoms with Crippen LogP contribution in [0.4, 0.5) is 10.7 Å². The monoisotopic (exact) mass is 447 g/mol. The zero-order valence-electron chi connectivity index (χ0n) is 16.9. The molecule has 7 heteroatoms. The fraction of sp³-hybridized carbons (Fsp3) is 0.208. The third-order valence-corrected chi connectivity index (χ3v) is 6.95. The Morgan fingerprint density at radius 2 is 1.90 bits per heavy atom. The van der Waals surface area contributed by atoms with Crippen molar-refractivity contribution in [1.29, 1.82) is 5.26 Å². The Hall–Kier alpha value is -3.08. The summed E-state index contributed by atoms with van der Waals surface area (Å²) in [6.07, 6.45) is 1.91. The number of thioether (sulfide) groups is 1. The first-order valence-electron chi connectivity index (χ1n) is 10.0. The van der Waals surface area contributed by atoms with Crippen molar-refractivity contribution in [1.82, 2.24) is 0 Å². The Labute approximate surface area is 189 Å². The Bertz CT molecular complexity index is 1150. The second kappa shape index (κ2) is 9.38. The molecule has 0 aliphatic heterocycles. The predicted molar refractivity (Wildman–Crippen MR) is 126 cm³/mol. The molecule has 1 heterocycles. The lowest BCUT2D eigenvalue weighted by atomic mass is 10.1. The lowest BCUT2D eigenvalue weighted by molar-refractivity contribution is -0.117. The van der Waals surface area contributed by atoms with Gasteiger partial charge in [0.15, 0.2) is 0 Å². The SMILES string of the molecule is CC(Sc1cccc(NC(=O)C2CC2)c1)C(=O)Nc1scc(-c2ccccc2)c1C#N. The Kier molecular flexibility index (Phi) is 6.40. The van der Waals surface area contributed by atoms with E-state index in [0.29, 0.717) is 10.6 Å². The molecule has 1 fully saturated rings. The van der Waals surface area contributed by atoms with Gasteiger partial charge in [-0.05, 0) is 43.5 Å². The van der Waals surface area contributed by atoms with Gasteiger partial charge in [-0.25, -0.2) is 0 Å². The number of carbonyl (C=O) groups is 2. The van der Waals surface area contributed by atoms with Gasteiger partial charge in [-0.3, -0.25) is 9.59 Å². The Morgan fingerprint density at radius 1 is 1.13 bits per heavy atom. The number of hydrogen-bond donors (Lipinski definition) is 2. The highest BCUT2D eigenvalue weighted by Crippen LogP contribution is 2.36. The normalized spacial score (nSPS) is 13.8. The molecular weight excluding hydrogens is 426 g/mol. The van der Waals surface area contributed by atoms with Crippen molar-refractivity contribution in [2.45, 2.75) is 29.9 Å². The molecule has 0 radical (unpaired) electrons. The summed E-state index contributed by atoms with van der Waals surface area (Å²) in [6.45, 7) is 1.83. The van der Waals surface area contributed by atoms with E-state index in [4.69, 9.17) is 0 Å². The molecule has 1 atom stereocenters.